The first-order valence-electron chi connectivity index (χ1n) is 7.96. The molecule has 2 aromatic carbocycles. The van der Waals surface area contributed by atoms with Gasteiger partial charge in [-0.1, -0.05) is 23.8 Å². The Hall–Kier alpha value is -3.22. The number of carbonyl (C=O) groups excluding carboxylic acids is 2. The Labute approximate surface area is 155 Å². The van der Waals surface area contributed by atoms with Crippen molar-refractivity contribution < 1.29 is 32.6 Å². The first-order valence-corrected chi connectivity index (χ1v) is 7.96. The van der Waals surface area contributed by atoms with Gasteiger partial charge < -0.3 is 14.2 Å². The van der Waals surface area contributed by atoms with Gasteiger partial charge in [0.15, 0.2) is 6.61 Å². The number of carbonyl (C=O) groups is 2. The maximum atomic E-state index is 12.5. The van der Waals surface area contributed by atoms with E-state index in [-0.39, 0.29) is 11.3 Å². The Balaban J connectivity index is 1.99. The first-order chi connectivity index (χ1) is 12.9. The monoisotopic (exact) mass is 376 g/mol. The van der Waals surface area contributed by atoms with Crippen LogP contribution >= 0.6 is 0 Å². The van der Waals surface area contributed by atoms with Gasteiger partial charge in [-0.15, -0.1) is 0 Å². The lowest BCUT2D eigenvalue weighted by atomic mass is 10.1. The Morgan fingerprint density at radius 3 is 2.63 bits per heavy atom. The molecule has 0 bridgehead atoms. The van der Waals surface area contributed by atoms with E-state index in [1.807, 2.05) is 0 Å². The van der Waals surface area contributed by atoms with Gasteiger partial charge in [0.1, 0.15) is 11.5 Å². The molecule has 0 aliphatic rings. The van der Waals surface area contributed by atoms with Gasteiger partial charge in [0, 0.05) is 6.08 Å². The molecule has 27 heavy (non-hydrogen) atoms. The lowest BCUT2D eigenvalue weighted by Gasteiger charge is -2.10. The molecule has 0 aliphatic carbocycles. The van der Waals surface area contributed by atoms with E-state index >= 15 is 0 Å². The fraction of sp³-hybridized carbons (Fsp3) is 0.200. The zero-order valence-electron chi connectivity index (χ0n) is 14.8. The lowest BCUT2D eigenvalue weighted by molar-refractivity contribution is -0.136. The van der Waals surface area contributed by atoms with Crippen LogP contribution in [0.1, 0.15) is 21.5 Å². The highest BCUT2D eigenvalue weighted by Crippen LogP contribution is 2.23. The lowest BCUT2D eigenvalue weighted by Crippen LogP contribution is -2.15. The normalized spacial score (nSPS) is 10.9. The summed E-state index contributed by atoms with van der Waals surface area (Å²) in [4.78, 5) is 24.0. The fourth-order valence-corrected chi connectivity index (χ4v) is 2.23. The number of Topliss-reactive ketones (excluding diaryl/α,β-unsaturated/α-hetero) is 1. The van der Waals surface area contributed by atoms with E-state index in [9.17, 15) is 18.4 Å². The summed E-state index contributed by atoms with van der Waals surface area (Å²) in [6.07, 6.45) is 2.67. The average molecular weight is 376 g/mol. The molecule has 0 heterocycles. The maximum Gasteiger partial charge on any atom is 0.387 e. The summed E-state index contributed by atoms with van der Waals surface area (Å²) >= 11 is 0. The molecule has 0 spiro atoms. The van der Waals surface area contributed by atoms with Crippen LogP contribution in [0.3, 0.4) is 0 Å². The Morgan fingerprint density at radius 1 is 1.15 bits per heavy atom. The second-order valence-electron chi connectivity index (χ2n) is 5.52. The fourth-order valence-electron chi connectivity index (χ4n) is 2.23. The number of aryl methyl sites for hydroxylation is 1. The van der Waals surface area contributed by atoms with E-state index in [0.717, 1.165) is 6.08 Å². The molecular weight excluding hydrogens is 358 g/mol. The topological polar surface area (TPSA) is 61.8 Å². The summed E-state index contributed by atoms with van der Waals surface area (Å²) in [5.41, 5.74) is 1.33. The van der Waals surface area contributed by atoms with E-state index in [1.54, 1.807) is 31.2 Å². The second-order valence-corrected chi connectivity index (χ2v) is 5.52. The molecule has 0 aromatic heterocycles. The number of methoxy groups -OCH3 is 1. The Bertz CT molecular complexity index is 846. The van der Waals surface area contributed by atoms with E-state index in [4.69, 9.17) is 9.47 Å². The molecule has 0 radical (unpaired) electrons. The molecule has 0 fully saturated rings. The summed E-state index contributed by atoms with van der Waals surface area (Å²) < 4.78 is 39.2. The van der Waals surface area contributed by atoms with Crippen LogP contribution in [0.25, 0.3) is 6.08 Å². The summed E-state index contributed by atoms with van der Waals surface area (Å²) in [6, 6.07) is 11.2. The van der Waals surface area contributed by atoms with Crippen molar-refractivity contribution in [2.45, 2.75) is 13.5 Å². The van der Waals surface area contributed by atoms with E-state index in [1.165, 1.54) is 31.4 Å². The van der Waals surface area contributed by atoms with Gasteiger partial charge in [0.2, 0.25) is 5.78 Å². The second kappa shape index (κ2) is 9.47. The molecule has 0 unspecified atom stereocenters. The SMILES string of the molecule is COc1cccc(/C=C/C(=O)OCC(=O)c2cc(C)ccc2OC(F)F)c1. The molecule has 0 saturated carbocycles. The van der Waals surface area contributed by atoms with Crippen LogP contribution in [0.2, 0.25) is 0 Å². The highest BCUT2D eigenvalue weighted by Gasteiger charge is 2.17. The number of benzene rings is 2. The zero-order valence-corrected chi connectivity index (χ0v) is 14.8. The van der Waals surface area contributed by atoms with Crippen LogP contribution in [0.15, 0.2) is 48.5 Å². The van der Waals surface area contributed by atoms with Crippen molar-refractivity contribution in [3.63, 3.8) is 0 Å². The van der Waals surface area contributed by atoms with Crippen LogP contribution in [-0.2, 0) is 9.53 Å². The number of halogens is 2. The van der Waals surface area contributed by atoms with Gasteiger partial charge in [0.05, 0.1) is 12.7 Å². The zero-order chi connectivity index (χ0) is 19.8. The summed E-state index contributed by atoms with van der Waals surface area (Å²) in [5.74, 6) is -1.01. The first kappa shape index (κ1) is 20.1. The largest absolute Gasteiger partial charge is 0.497 e. The third kappa shape index (κ3) is 6.22. The van der Waals surface area contributed by atoms with E-state index < -0.39 is 25.0 Å². The number of rotatable bonds is 8. The van der Waals surface area contributed by atoms with Crippen LogP contribution in [0, 0.1) is 6.92 Å². The Morgan fingerprint density at radius 2 is 1.93 bits per heavy atom. The average Bonchev–Trinajstić information content (AvgIpc) is 2.65. The molecule has 0 atom stereocenters. The minimum atomic E-state index is -3.06. The molecule has 0 N–H and O–H groups in total. The molecule has 5 nitrogen and oxygen atoms in total. The summed E-state index contributed by atoms with van der Waals surface area (Å²) in [5, 5.41) is 0. The summed E-state index contributed by atoms with van der Waals surface area (Å²) in [7, 11) is 1.53. The van der Waals surface area contributed by atoms with E-state index in [2.05, 4.69) is 4.74 Å². The Kier molecular flexibility index (Phi) is 7.05. The van der Waals surface area contributed by atoms with Crippen molar-refractivity contribution in [2.75, 3.05) is 13.7 Å². The van der Waals surface area contributed by atoms with Gasteiger partial charge >= 0.3 is 12.6 Å². The molecule has 0 aliphatic heterocycles. The van der Waals surface area contributed by atoms with Crippen LogP contribution in [-0.4, -0.2) is 32.1 Å². The number of esters is 1. The highest BCUT2D eigenvalue weighted by atomic mass is 19.3. The predicted octanol–water partition coefficient (Wildman–Crippen LogP) is 4.04. The number of ether oxygens (including phenoxy) is 3. The van der Waals surface area contributed by atoms with Crippen molar-refractivity contribution >= 4 is 17.8 Å². The highest BCUT2D eigenvalue weighted by molar-refractivity contribution is 6.01. The molecular formula is C20H18F2O5. The number of alkyl halides is 2. The molecule has 0 amide bonds. The summed E-state index contributed by atoms with van der Waals surface area (Å²) in [6.45, 7) is -1.96. The molecule has 142 valence electrons. The number of hydrogen-bond donors (Lipinski definition) is 0. The molecule has 7 heteroatoms. The smallest absolute Gasteiger partial charge is 0.387 e. The third-order valence-corrected chi connectivity index (χ3v) is 3.50. The van der Waals surface area contributed by atoms with Gasteiger partial charge in [-0.05, 0) is 42.8 Å². The minimum absolute atomic E-state index is 0.0696. The van der Waals surface area contributed by atoms with Gasteiger partial charge in [-0.3, -0.25) is 4.79 Å². The van der Waals surface area contributed by atoms with Gasteiger partial charge in [0.25, 0.3) is 0 Å². The van der Waals surface area contributed by atoms with Gasteiger partial charge in [-0.25, -0.2) is 4.79 Å². The third-order valence-electron chi connectivity index (χ3n) is 3.50. The van der Waals surface area contributed by atoms with Crippen LogP contribution in [0.4, 0.5) is 8.78 Å². The maximum absolute atomic E-state index is 12.5. The van der Waals surface area contributed by atoms with Crippen molar-refractivity contribution in [3.8, 4) is 11.5 Å². The van der Waals surface area contributed by atoms with Gasteiger partial charge in [-0.2, -0.15) is 8.78 Å². The molecule has 0 saturated heterocycles. The van der Waals surface area contributed by atoms with Crippen LogP contribution < -0.4 is 9.47 Å². The van der Waals surface area contributed by atoms with Crippen LogP contribution in [0.5, 0.6) is 11.5 Å². The van der Waals surface area contributed by atoms with E-state index in [0.29, 0.717) is 16.9 Å². The standard InChI is InChI=1S/C20H18F2O5/c1-13-6-8-18(27-20(21)22)16(10-13)17(23)12-26-19(24)9-7-14-4-3-5-15(11-14)25-2/h3-11,20H,12H2,1-2H3/b9-7+. The molecule has 2 rings (SSSR count). The minimum Gasteiger partial charge on any atom is -0.497 e. The van der Waals surface area contributed by atoms with Crippen molar-refractivity contribution in [1.29, 1.82) is 0 Å². The van der Waals surface area contributed by atoms with Crippen molar-refractivity contribution in [2.24, 2.45) is 0 Å². The number of ketones is 1. The van der Waals surface area contributed by atoms with Crippen molar-refractivity contribution in [1.82, 2.24) is 0 Å². The number of hydrogen-bond acceptors (Lipinski definition) is 5. The van der Waals surface area contributed by atoms with Crippen molar-refractivity contribution in [3.05, 3.63) is 65.2 Å². The quantitative estimate of drug-likeness (QED) is 0.395. The molecule has 2 aromatic rings. The predicted molar refractivity (Wildman–Crippen MR) is 95.1 cm³/mol.